The minimum atomic E-state index is -0.575. The Bertz CT molecular complexity index is 667. The summed E-state index contributed by atoms with van der Waals surface area (Å²) in [6.07, 6.45) is 0.937. The SMILES string of the molecule is CCc1nn(C)c(CC(=O)c2ccc(N)c(F)c2)c1Br. The molecule has 2 rings (SSSR count). The molecule has 2 N–H and O–H groups in total. The predicted octanol–water partition coefficient (Wildman–Crippen LogP) is 2.89. The Balaban J connectivity index is 2.28. The predicted molar refractivity (Wildman–Crippen MR) is 79.1 cm³/mol. The van der Waals surface area contributed by atoms with Gasteiger partial charge in [-0.15, -0.1) is 0 Å². The Morgan fingerprint density at radius 2 is 2.20 bits per heavy atom. The molecule has 2 aromatic rings. The Labute approximate surface area is 124 Å². The van der Waals surface area contributed by atoms with Crippen LogP contribution in [0.1, 0.15) is 28.7 Å². The van der Waals surface area contributed by atoms with Crippen molar-refractivity contribution < 1.29 is 9.18 Å². The number of carbonyl (C=O) groups excluding carboxylic acids is 1. The van der Waals surface area contributed by atoms with E-state index in [0.29, 0.717) is 5.56 Å². The van der Waals surface area contributed by atoms with E-state index in [2.05, 4.69) is 21.0 Å². The van der Waals surface area contributed by atoms with E-state index >= 15 is 0 Å². The van der Waals surface area contributed by atoms with Crippen LogP contribution in [0.2, 0.25) is 0 Å². The third-order valence-corrected chi connectivity index (χ3v) is 4.07. The van der Waals surface area contributed by atoms with Crippen LogP contribution in [0.5, 0.6) is 0 Å². The van der Waals surface area contributed by atoms with Gasteiger partial charge in [0.05, 0.1) is 28.0 Å². The molecule has 0 fully saturated rings. The number of aryl methyl sites for hydroxylation is 2. The molecule has 106 valence electrons. The largest absolute Gasteiger partial charge is 0.396 e. The summed E-state index contributed by atoms with van der Waals surface area (Å²) in [4.78, 5) is 12.2. The molecule has 0 atom stereocenters. The molecular weight excluding hydrogens is 325 g/mol. The zero-order valence-corrected chi connectivity index (χ0v) is 12.9. The van der Waals surface area contributed by atoms with Crippen LogP contribution < -0.4 is 5.73 Å². The first-order chi connectivity index (χ1) is 9.43. The van der Waals surface area contributed by atoms with Gasteiger partial charge in [-0.2, -0.15) is 5.10 Å². The molecule has 0 aliphatic rings. The summed E-state index contributed by atoms with van der Waals surface area (Å²) in [5, 5.41) is 4.33. The molecule has 1 heterocycles. The van der Waals surface area contributed by atoms with Crippen molar-refractivity contribution in [2.24, 2.45) is 7.05 Å². The van der Waals surface area contributed by atoms with Crippen molar-refractivity contribution >= 4 is 27.4 Å². The number of Topliss-reactive ketones (excluding diaryl/α,β-unsaturated/α-hetero) is 1. The Morgan fingerprint density at radius 1 is 1.50 bits per heavy atom. The fraction of sp³-hybridized carbons (Fsp3) is 0.286. The van der Waals surface area contributed by atoms with E-state index in [0.717, 1.165) is 22.3 Å². The lowest BCUT2D eigenvalue weighted by Gasteiger charge is -2.04. The summed E-state index contributed by atoms with van der Waals surface area (Å²) in [6.45, 7) is 1.99. The summed E-state index contributed by atoms with van der Waals surface area (Å²) in [5.41, 5.74) is 7.43. The first-order valence-electron chi connectivity index (χ1n) is 6.22. The van der Waals surface area contributed by atoms with Gasteiger partial charge in [-0.1, -0.05) is 6.92 Å². The van der Waals surface area contributed by atoms with Crippen molar-refractivity contribution in [2.75, 3.05) is 5.73 Å². The zero-order valence-electron chi connectivity index (χ0n) is 11.3. The minimum absolute atomic E-state index is 0.0385. The second-order valence-corrected chi connectivity index (χ2v) is 5.31. The third kappa shape index (κ3) is 2.75. The summed E-state index contributed by atoms with van der Waals surface area (Å²) in [5.74, 6) is -0.746. The normalized spacial score (nSPS) is 10.8. The summed E-state index contributed by atoms with van der Waals surface area (Å²) in [7, 11) is 1.79. The van der Waals surface area contributed by atoms with Crippen molar-refractivity contribution in [1.29, 1.82) is 0 Å². The van der Waals surface area contributed by atoms with Crippen LogP contribution in [0.4, 0.5) is 10.1 Å². The summed E-state index contributed by atoms with van der Waals surface area (Å²) >= 11 is 3.46. The van der Waals surface area contributed by atoms with Gasteiger partial charge in [0, 0.05) is 12.6 Å². The number of halogens is 2. The van der Waals surface area contributed by atoms with Crippen molar-refractivity contribution in [3.05, 3.63) is 45.4 Å². The molecule has 1 aromatic carbocycles. The first kappa shape index (κ1) is 14.7. The van der Waals surface area contributed by atoms with E-state index in [1.807, 2.05) is 6.92 Å². The van der Waals surface area contributed by atoms with Gasteiger partial charge in [0.15, 0.2) is 5.78 Å². The number of benzene rings is 1. The van der Waals surface area contributed by atoms with E-state index in [1.54, 1.807) is 11.7 Å². The van der Waals surface area contributed by atoms with Crippen LogP contribution in [0, 0.1) is 5.82 Å². The van der Waals surface area contributed by atoms with Crippen LogP contribution in [0.15, 0.2) is 22.7 Å². The quantitative estimate of drug-likeness (QED) is 0.688. The van der Waals surface area contributed by atoms with Crippen molar-refractivity contribution in [3.63, 3.8) is 0 Å². The van der Waals surface area contributed by atoms with Crippen LogP contribution in [-0.4, -0.2) is 15.6 Å². The minimum Gasteiger partial charge on any atom is -0.396 e. The molecule has 0 saturated heterocycles. The number of hydrogen-bond donors (Lipinski definition) is 1. The monoisotopic (exact) mass is 339 g/mol. The second-order valence-electron chi connectivity index (χ2n) is 4.52. The fourth-order valence-electron chi connectivity index (χ4n) is 1.97. The van der Waals surface area contributed by atoms with E-state index in [1.165, 1.54) is 18.2 Å². The van der Waals surface area contributed by atoms with Crippen LogP contribution >= 0.6 is 15.9 Å². The number of rotatable bonds is 4. The van der Waals surface area contributed by atoms with Crippen LogP contribution in [-0.2, 0) is 19.9 Å². The highest BCUT2D eigenvalue weighted by Gasteiger charge is 2.17. The molecule has 6 heteroatoms. The number of carbonyl (C=O) groups is 1. The van der Waals surface area contributed by atoms with Gasteiger partial charge in [0.2, 0.25) is 0 Å². The fourth-order valence-corrected chi connectivity index (χ4v) is 2.72. The molecule has 0 aliphatic heterocycles. The number of ketones is 1. The average molecular weight is 340 g/mol. The zero-order chi connectivity index (χ0) is 14.9. The molecule has 0 amide bonds. The molecule has 0 radical (unpaired) electrons. The summed E-state index contributed by atoms with van der Waals surface area (Å²) < 4.78 is 15.9. The maximum atomic E-state index is 13.4. The van der Waals surface area contributed by atoms with Crippen LogP contribution in [0.25, 0.3) is 0 Å². The molecule has 0 unspecified atom stereocenters. The molecule has 20 heavy (non-hydrogen) atoms. The highest BCUT2D eigenvalue weighted by molar-refractivity contribution is 9.10. The second kappa shape index (κ2) is 5.75. The van der Waals surface area contributed by atoms with Gasteiger partial charge in [-0.05, 0) is 40.5 Å². The average Bonchev–Trinajstić information content (AvgIpc) is 2.69. The van der Waals surface area contributed by atoms with E-state index in [4.69, 9.17) is 5.73 Å². The van der Waals surface area contributed by atoms with E-state index < -0.39 is 5.82 Å². The lowest BCUT2D eigenvalue weighted by atomic mass is 10.1. The molecule has 0 bridgehead atoms. The maximum Gasteiger partial charge on any atom is 0.168 e. The molecular formula is C14H15BrFN3O. The molecule has 0 aliphatic carbocycles. The van der Waals surface area contributed by atoms with Gasteiger partial charge < -0.3 is 5.73 Å². The standard InChI is InChI=1S/C14H15BrFN3O/c1-3-11-14(15)12(19(2)18-11)7-13(20)8-4-5-10(17)9(16)6-8/h4-6H,3,7,17H2,1-2H3. The van der Waals surface area contributed by atoms with Gasteiger partial charge in [0.1, 0.15) is 5.82 Å². The maximum absolute atomic E-state index is 13.4. The van der Waals surface area contributed by atoms with Gasteiger partial charge in [-0.3, -0.25) is 9.48 Å². The molecule has 0 spiro atoms. The lowest BCUT2D eigenvalue weighted by Crippen LogP contribution is -2.09. The Morgan fingerprint density at radius 3 is 2.75 bits per heavy atom. The topological polar surface area (TPSA) is 60.9 Å². The van der Waals surface area contributed by atoms with Gasteiger partial charge in [0.25, 0.3) is 0 Å². The van der Waals surface area contributed by atoms with E-state index in [9.17, 15) is 9.18 Å². The van der Waals surface area contributed by atoms with E-state index in [-0.39, 0.29) is 17.9 Å². The smallest absolute Gasteiger partial charge is 0.168 e. The van der Waals surface area contributed by atoms with Crippen molar-refractivity contribution in [2.45, 2.75) is 19.8 Å². The van der Waals surface area contributed by atoms with Gasteiger partial charge >= 0.3 is 0 Å². The number of nitrogens with two attached hydrogens (primary N) is 1. The number of aromatic nitrogens is 2. The first-order valence-corrected chi connectivity index (χ1v) is 7.01. The van der Waals surface area contributed by atoms with Crippen LogP contribution in [0.3, 0.4) is 0 Å². The van der Waals surface area contributed by atoms with Gasteiger partial charge in [-0.25, -0.2) is 4.39 Å². The number of hydrogen-bond acceptors (Lipinski definition) is 3. The summed E-state index contributed by atoms with van der Waals surface area (Å²) in [6, 6.07) is 4.10. The Kier molecular flexibility index (Phi) is 4.23. The van der Waals surface area contributed by atoms with Crippen molar-refractivity contribution in [3.8, 4) is 0 Å². The molecule has 1 aromatic heterocycles. The highest BCUT2D eigenvalue weighted by Crippen LogP contribution is 2.23. The molecule has 0 saturated carbocycles. The third-order valence-electron chi connectivity index (χ3n) is 3.15. The Hall–Kier alpha value is -1.69. The molecule has 4 nitrogen and oxygen atoms in total. The number of anilines is 1. The lowest BCUT2D eigenvalue weighted by molar-refractivity contribution is 0.0990. The number of nitrogen functional groups attached to an aromatic ring is 1. The van der Waals surface area contributed by atoms with Crippen molar-refractivity contribution in [1.82, 2.24) is 9.78 Å². The highest BCUT2D eigenvalue weighted by atomic mass is 79.9. The number of nitrogens with zero attached hydrogens (tertiary/aromatic N) is 2.